The average Bonchev–Trinajstić information content (AvgIpc) is 3.35. The summed E-state index contributed by atoms with van der Waals surface area (Å²) in [5.74, 6) is 1.29. The topological polar surface area (TPSA) is 116 Å². The molecule has 5 atom stereocenters. The van der Waals surface area contributed by atoms with Crippen LogP contribution in [0.2, 0.25) is 0 Å². The van der Waals surface area contributed by atoms with Crippen molar-refractivity contribution >= 4 is 11.8 Å². The highest BCUT2D eigenvalue weighted by atomic mass is 16.7. The van der Waals surface area contributed by atoms with Crippen LogP contribution in [-0.2, 0) is 19.2 Å². The molecule has 2 amide bonds. The maximum absolute atomic E-state index is 12.6. The second-order valence-electron chi connectivity index (χ2n) is 10.5. The first kappa shape index (κ1) is 25.8. The van der Waals surface area contributed by atoms with Crippen LogP contribution in [0.5, 0.6) is 0 Å². The molecule has 5 N–H and O–H groups in total. The van der Waals surface area contributed by atoms with Crippen molar-refractivity contribution in [3.8, 4) is 0 Å². The van der Waals surface area contributed by atoms with Gasteiger partial charge in [-0.2, -0.15) is 5.48 Å². The zero-order valence-corrected chi connectivity index (χ0v) is 20.8. The number of ether oxygens (including phenoxy) is 1. The largest absolute Gasteiger partial charge is 0.381 e. The van der Waals surface area contributed by atoms with Crippen LogP contribution in [0.4, 0.5) is 0 Å². The van der Waals surface area contributed by atoms with Gasteiger partial charge in [-0.1, -0.05) is 12.8 Å². The van der Waals surface area contributed by atoms with Gasteiger partial charge in [0.1, 0.15) is 6.23 Å². The fourth-order valence-corrected chi connectivity index (χ4v) is 6.03. The van der Waals surface area contributed by atoms with Gasteiger partial charge in [0.25, 0.3) is 0 Å². The van der Waals surface area contributed by atoms with Crippen LogP contribution in [0.3, 0.4) is 0 Å². The molecule has 2 saturated carbocycles. The number of fused-ring (bicyclic) bond motifs is 1. The van der Waals surface area contributed by atoms with E-state index in [1.165, 1.54) is 6.42 Å². The molecule has 0 spiro atoms. The SMILES string of the molecule is COC1CCC(C2NOC(CCC(=O)N(C)CCCNC3NNC(=O)C4CCCCC34)N2)CC1. The Morgan fingerprint density at radius 3 is 2.76 bits per heavy atom. The quantitative estimate of drug-likeness (QED) is 0.294. The number of nitrogens with zero attached hydrogens (tertiary/aromatic N) is 1. The number of hydrazine groups is 1. The zero-order chi connectivity index (χ0) is 23.9. The third-order valence-electron chi connectivity index (χ3n) is 8.24. The number of hydrogen-bond acceptors (Lipinski definition) is 8. The second-order valence-corrected chi connectivity index (χ2v) is 10.5. The van der Waals surface area contributed by atoms with E-state index in [0.717, 1.165) is 57.9 Å². The number of carbonyl (C=O) groups is 2. The van der Waals surface area contributed by atoms with Crippen LogP contribution in [0, 0.1) is 17.8 Å². The molecule has 2 aliphatic heterocycles. The van der Waals surface area contributed by atoms with Gasteiger partial charge < -0.3 is 15.0 Å². The minimum Gasteiger partial charge on any atom is -0.381 e. The van der Waals surface area contributed by atoms with Gasteiger partial charge in [-0.3, -0.25) is 25.2 Å². The van der Waals surface area contributed by atoms with Gasteiger partial charge in [-0.15, -0.1) is 0 Å². The Bertz CT molecular complexity index is 674. The van der Waals surface area contributed by atoms with E-state index in [-0.39, 0.29) is 36.3 Å². The number of hydrogen-bond donors (Lipinski definition) is 5. The number of methoxy groups -OCH3 is 1. The van der Waals surface area contributed by atoms with Crippen LogP contribution in [0.15, 0.2) is 0 Å². The molecule has 2 aliphatic carbocycles. The van der Waals surface area contributed by atoms with E-state index < -0.39 is 0 Å². The molecule has 4 aliphatic rings. The minimum atomic E-state index is -0.125. The third-order valence-corrected chi connectivity index (χ3v) is 8.24. The van der Waals surface area contributed by atoms with E-state index in [2.05, 4.69) is 27.0 Å². The fraction of sp³-hybridized carbons (Fsp3) is 0.917. The maximum atomic E-state index is 12.6. The molecule has 194 valence electrons. The van der Waals surface area contributed by atoms with Crippen LogP contribution < -0.4 is 27.0 Å². The van der Waals surface area contributed by atoms with Gasteiger partial charge in [0.05, 0.1) is 18.4 Å². The molecule has 0 radical (unpaired) electrons. The van der Waals surface area contributed by atoms with Crippen LogP contribution in [0.25, 0.3) is 0 Å². The molecule has 0 aromatic carbocycles. The molecule has 34 heavy (non-hydrogen) atoms. The number of hydroxylamine groups is 1. The van der Waals surface area contributed by atoms with Gasteiger partial charge in [-0.25, -0.2) is 5.43 Å². The number of amides is 2. The molecule has 0 aromatic heterocycles. The van der Waals surface area contributed by atoms with Crippen molar-refractivity contribution in [2.24, 2.45) is 17.8 Å². The Balaban J connectivity index is 1.08. The average molecular weight is 481 g/mol. The van der Waals surface area contributed by atoms with Crippen LogP contribution in [-0.4, -0.2) is 68.6 Å². The normalized spacial score (nSPS) is 36.1. The molecule has 10 heteroatoms. The molecule has 4 fully saturated rings. The highest BCUT2D eigenvalue weighted by Gasteiger charge is 2.39. The summed E-state index contributed by atoms with van der Waals surface area (Å²) in [7, 11) is 3.66. The third kappa shape index (κ3) is 6.67. The first-order chi connectivity index (χ1) is 16.5. The first-order valence-corrected chi connectivity index (χ1v) is 13.3. The van der Waals surface area contributed by atoms with Crippen molar-refractivity contribution in [1.82, 2.24) is 31.9 Å². The molecule has 5 unspecified atom stereocenters. The van der Waals surface area contributed by atoms with E-state index in [0.29, 0.717) is 37.3 Å². The van der Waals surface area contributed by atoms with Crippen molar-refractivity contribution in [2.75, 3.05) is 27.2 Å². The number of rotatable bonds is 10. The first-order valence-electron chi connectivity index (χ1n) is 13.3. The smallest absolute Gasteiger partial charge is 0.237 e. The van der Waals surface area contributed by atoms with Crippen LogP contribution >= 0.6 is 0 Å². The summed E-state index contributed by atoms with van der Waals surface area (Å²) in [6.07, 6.45) is 11.4. The highest BCUT2D eigenvalue weighted by molar-refractivity contribution is 5.79. The maximum Gasteiger partial charge on any atom is 0.237 e. The van der Waals surface area contributed by atoms with Crippen LogP contribution in [0.1, 0.15) is 70.6 Å². The van der Waals surface area contributed by atoms with Gasteiger partial charge in [-0.05, 0) is 63.8 Å². The van der Waals surface area contributed by atoms with E-state index in [1.54, 1.807) is 7.11 Å². The molecular weight excluding hydrogens is 436 g/mol. The Hall–Kier alpha value is -1.30. The summed E-state index contributed by atoms with van der Waals surface area (Å²) in [6, 6.07) is 0. The van der Waals surface area contributed by atoms with Gasteiger partial charge >= 0.3 is 0 Å². The Kier molecular flexibility index (Phi) is 9.55. The predicted molar refractivity (Wildman–Crippen MR) is 128 cm³/mol. The second kappa shape index (κ2) is 12.6. The molecule has 4 rings (SSSR count). The summed E-state index contributed by atoms with van der Waals surface area (Å²) in [5.41, 5.74) is 9.11. The van der Waals surface area contributed by atoms with Crippen molar-refractivity contribution in [3.63, 3.8) is 0 Å². The molecule has 0 aromatic rings. The molecular formula is C24H44N6O4. The summed E-state index contributed by atoms with van der Waals surface area (Å²) in [6.45, 7) is 1.51. The van der Waals surface area contributed by atoms with E-state index in [4.69, 9.17) is 9.57 Å². The summed E-state index contributed by atoms with van der Waals surface area (Å²) in [4.78, 5) is 32.2. The lowest BCUT2D eigenvalue weighted by molar-refractivity contribution is -0.134. The minimum absolute atomic E-state index is 0.111. The van der Waals surface area contributed by atoms with E-state index in [1.807, 2.05) is 11.9 Å². The summed E-state index contributed by atoms with van der Waals surface area (Å²) >= 11 is 0. The predicted octanol–water partition coefficient (Wildman–Crippen LogP) is 0.953. The van der Waals surface area contributed by atoms with Crippen molar-refractivity contribution in [1.29, 1.82) is 0 Å². The zero-order valence-electron chi connectivity index (χ0n) is 20.8. The van der Waals surface area contributed by atoms with E-state index in [9.17, 15) is 9.59 Å². The molecule has 0 bridgehead atoms. The lowest BCUT2D eigenvalue weighted by Crippen LogP contribution is -2.64. The molecule has 2 saturated heterocycles. The lowest BCUT2D eigenvalue weighted by Gasteiger charge is -2.41. The highest BCUT2D eigenvalue weighted by Crippen LogP contribution is 2.33. The molecule has 2 heterocycles. The lowest BCUT2D eigenvalue weighted by atomic mass is 9.76. The fourth-order valence-electron chi connectivity index (χ4n) is 6.03. The Labute approximate surface area is 203 Å². The Morgan fingerprint density at radius 1 is 1.18 bits per heavy atom. The summed E-state index contributed by atoms with van der Waals surface area (Å²) in [5, 5.41) is 7.06. The van der Waals surface area contributed by atoms with Gasteiger partial charge in [0.2, 0.25) is 11.8 Å². The van der Waals surface area contributed by atoms with Gasteiger partial charge in [0, 0.05) is 39.0 Å². The number of nitrogens with one attached hydrogen (secondary N) is 5. The summed E-state index contributed by atoms with van der Waals surface area (Å²) < 4.78 is 5.47. The van der Waals surface area contributed by atoms with Crippen molar-refractivity contribution in [2.45, 2.75) is 95.3 Å². The van der Waals surface area contributed by atoms with Gasteiger partial charge in [0.15, 0.2) is 0 Å². The van der Waals surface area contributed by atoms with Crippen molar-refractivity contribution in [3.05, 3.63) is 0 Å². The van der Waals surface area contributed by atoms with E-state index >= 15 is 0 Å². The monoisotopic (exact) mass is 480 g/mol. The molecule has 10 nitrogen and oxygen atoms in total. The Morgan fingerprint density at radius 2 is 1.97 bits per heavy atom. The number of carbonyl (C=O) groups excluding carboxylic acids is 2. The standard InChI is InChI=1S/C24H44N6O4/c1-30(15-5-14-25-23-18-6-3-4-7-19(18)24(32)28-27-23)21(31)13-12-20-26-22(29-34-20)16-8-10-17(33-2)11-9-16/h16-20,22-23,25-27,29H,3-15H2,1-2H3,(H,28,32). The van der Waals surface area contributed by atoms with Crippen molar-refractivity contribution < 1.29 is 19.2 Å².